The molecular weight excluding hydrogens is 242 g/mol. The molecule has 0 radical (unpaired) electrons. The van der Waals surface area contributed by atoms with Crippen LogP contribution in [-0.4, -0.2) is 42.2 Å². The highest BCUT2D eigenvalue weighted by Gasteiger charge is 2.01. The van der Waals surface area contributed by atoms with Crippen LogP contribution in [0.5, 0.6) is 5.88 Å². The molecule has 0 atom stereocenters. The van der Waals surface area contributed by atoms with Gasteiger partial charge >= 0.3 is 0 Å². The highest BCUT2D eigenvalue weighted by atomic mass is 35.5. The quantitative estimate of drug-likeness (QED) is 0.570. The van der Waals surface area contributed by atoms with E-state index in [4.69, 9.17) is 21.1 Å². The van der Waals surface area contributed by atoms with Crippen molar-refractivity contribution in [3.05, 3.63) is 11.8 Å². The van der Waals surface area contributed by atoms with Crippen LogP contribution in [0.1, 0.15) is 12.6 Å². The summed E-state index contributed by atoms with van der Waals surface area (Å²) in [5.41, 5.74) is 0.868. The van der Waals surface area contributed by atoms with E-state index in [1.54, 1.807) is 6.07 Å². The average molecular weight is 260 g/mol. The van der Waals surface area contributed by atoms with Crippen molar-refractivity contribution in [3.8, 4) is 5.88 Å². The molecule has 5 nitrogen and oxygen atoms in total. The van der Waals surface area contributed by atoms with Crippen LogP contribution in [-0.2, 0) is 4.74 Å². The van der Waals surface area contributed by atoms with Crippen LogP contribution in [0, 0.1) is 6.92 Å². The summed E-state index contributed by atoms with van der Waals surface area (Å²) in [5.74, 6) is 1.65. The molecule has 0 saturated carbocycles. The normalized spacial score (nSPS) is 10.3. The number of nitrogens with one attached hydrogen (secondary N) is 1. The van der Waals surface area contributed by atoms with Crippen molar-refractivity contribution >= 4 is 17.5 Å². The molecule has 0 unspecified atom stereocenters. The van der Waals surface area contributed by atoms with Gasteiger partial charge in [0.1, 0.15) is 0 Å². The Balaban J connectivity index is 2.41. The van der Waals surface area contributed by atoms with E-state index in [1.807, 2.05) is 13.8 Å². The van der Waals surface area contributed by atoms with Crippen molar-refractivity contribution < 1.29 is 9.47 Å². The molecule has 0 aliphatic carbocycles. The van der Waals surface area contributed by atoms with Gasteiger partial charge in [-0.3, -0.25) is 0 Å². The number of nitrogens with zero attached hydrogens (tertiary/aromatic N) is 2. The first-order valence-electron chi connectivity index (χ1n) is 5.62. The highest BCUT2D eigenvalue weighted by molar-refractivity contribution is 6.17. The molecule has 0 spiro atoms. The lowest BCUT2D eigenvalue weighted by atomic mass is 10.4. The molecule has 1 aromatic rings. The van der Waals surface area contributed by atoms with Crippen LogP contribution in [0.15, 0.2) is 6.07 Å². The average Bonchev–Trinajstić information content (AvgIpc) is 2.28. The molecule has 0 fully saturated rings. The lowest BCUT2D eigenvalue weighted by Crippen LogP contribution is -2.13. The lowest BCUT2D eigenvalue weighted by molar-refractivity contribution is 0.159. The maximum Gasteiger partial charge on any atom is 0.226 e. The monoisotopic (exact) mass is 259 g/mol. The van der Waals surface area contributed by atoms with E-state index in [0.717, 1.165) is 5.69 Å². The number of halogens is 1. The molecule has 1 rings (SSSR count). The molecule has 0 amide bonds. The second kappa shape index (κ2) is 8.08. The smallest absolute Gasteiger partial charge is 0.226 e. The highest BCUT2D eigenvalue weighted by Crippen LogP contribution is 2.11. The third-order valence-corrected chi connectivity index (χ3v) is 2.03. The van der Waals surface area contributed by atoms with E-state index in [2.05, 4.69) is 15.3 Å². The molecule has 0 bridgehead atoms. The second-order valence-corrected chi connectivity index (χ2v) is 3.71. The molecule has 1 N–H and O–H groups in total. The summed E-state index contributed by atoms with van der Waals surface area (Å²) >= 11 is 5.49. The van der Waals surface area contributed by atoms with Crippen molar-refractivity contribution in [3.63, 3.8) is 0 Å². The number of ether oxygens (including phenoxy) is 2. The minimum Gasteiger partial charge on any atom is -0.478 e. The van der Waals surface area contributed by atoms with Gasteiger partial charge in [0.05, 0.1) is 19.8 Å². The summed E-state index contributed by atoms with van der Waals surface area (Å²) in [6, 6.07) is 1.80. The Morgan fingerprint density at radius 1 is 1.35 bits per heavy atom. The fraction of sp³-hybridized carbons (Fsp3) is 0.636. The lowest BCUT2D eigenvalue weighted by Gasteiger charge is -2.08. The Kier molecular flexibility index (Phi) is 6.65. The van der Waals surface area contributed by atoms with Crippen molar-refractivity contribution in [1.29, 1.82) is 0 Å². The zero-order chi connectivity index (χ0) is 12.5. The molecule has 0 saturated heterocycles. The molecule has 0 aromatic carbocycles. The first-order chi connectivity index (χ1) is 8.26. The Morgan fingerprint density at radius 2 is 2.18 bits per heavy atom. The summed E-state index contributed by atoms with van der Waals surface area (Å²) in [6.07, 6.45) is 0. The summed E-state index contributed by atoms with van der Waals surface area (Å²) in [6.45, 7) is 6.20. The van der Waals surface area contributed by atoms with Gasteiger partial charge in [0.25, 0.3) is 0 Å². The predicted octanol–water partition coefficient (Wildman–Crippen LogP) is 1.85. The van der Waals surface area contributed by atoms with Gasteiger partial charge in [0.15, 0.2) is 0 Å². The van der Waals surface area contributed by atoms with Gasteiger partial charge in [0, 0.05) is 24.2 Å². The van der Waals surface area contributed by atoms with Crippen molar-refractivity contribution in [2.45, 2.75) is 13.8 Å². The van der Waals surface area contributed by atoms with Gasteiger partial charge in [0.2, 0.25) is 11.8 Å². The molecule has 6 heteroatoms. The second-order valence-electron chi connectivity index (χ2n) is 3.33. The Hall–Kier alpha value is -1.07. The van der Waals surface area contributed by atoms with Crippen molar-refractivity contribution in [1.82, 2.24) is 9.97 Å². The Morgan fingerprint density at radius 3 is 2.88 bits per heavy atom. The number of alkyl halides is 1. The minimum absolute atomic E-state index is 0.509. The number of aromatic nitrogens is 2. The van der Waals surface area contributed by atoms with Gasteiger partial charge < -0.3 is 14.8 Å². The number of anilines is 1. The molecule has 0 aliphatic heterocycles. The van der Waals surface area contributed by atoms with Crippen LogP contribution in [0.25, 0.3) is 0 Å². The van der Waals surface area contributed by atoms with Crippen LogP contribution in [0.3, 0.4) is 0 Å². The van der Waals surface area contributed by atoms with Gasteiger partial charge in [-0.05, 0) is 13.8 Å². The zero-order valence-electron chi connectivity index (χ0n) is 10.2. The topological polar surface area (TPSA) is 56.3 Å². The Labute approximate surface area is 107 Å². The summed E-state index contributed by atoms with van der Waals surface area (Å²) < 4.78 is 10.6. The molecule has 17 heavy (non-hydrogen) atoms. The summed E-state index contributed by atoms with van der Waals surface area (Å²) in [4.78, 5) is 8.47. The van der Waals surface area contributed by atoms with Gasteiger partial charge in [-0.25, -0.2) is 4.98 Å². The molecule has 96 valence electrons. The standard InChI is InChI=1S/C11H18ClN3O2/c1-3-17-10-8-9(2)14-11(15-10)13-5-7-16-6-4-12/h8H,3-7H2,1-2H3,(H,13,14,15). The van der Waals surface area contributed by atoms with Crippen molar-refractivity contribution in [2.75, 3.05) is 37.6 Å². The molecule has 1 heterocycles. The first kappa shape index (κ1) is 14.0. The SMILES string of the molecule is CCOc1cc(C)nc(NCCOCCCl)n1. The van der Waals surface area contributed by atoms with Crippen LogP contribution in [0.4, 0.5) is 5.95 Å². The van der Waals surface area contributed by atoms with E-state index in [1.165, 1.54) is 0 Å². The number of rotatable bonds is 8. The number of hydrogen-bond acceptors (Lipinski definition) is 5. The zero-order valence-corrected chi connectivity index (χ0v) is 11.0. The van der Waals surface area contributed by atoms with Crippen molar-refractivity contribution in [2.24, 2.45) is 0 Å². The Bertz CT molecular complexity index is 336. The maximum atomic E-state index is 5.49. The minimum atomic E-state index is 0.509. The largest absolute Gasteiger partial charge is 0.478 e. The van der Waals surface area contributed by atoms with Gasteiger partial charge in [-0.1, -0.05) is 0 Å². The molecule has 1 aromatic heterocycles. The maximum absolute atomic E-state index is 5.49. The first-order valence-corrected chi connectivity index (χ1v) is 6.15. The summed E-state index contributed by atoms with van der Waals surface area (Å²) in [7, 11) is 0. The van der Waals surface area contributed by atoms with E-state index >= 15 is 0 Å². The van der Waals surface area contributed by atoms with Gasteiger partial charge in [-0.2, -0.15) is 4.98 Å². The van der Waals surface area contributed by atoms with E-state index in [9.17, 15) is 0 Å². The predicted molar refractivity (Wildman–Crippen MR) is 68.0 cm³/mol. The van der Waals surface area contributed by atoms with Crippen LogP contribution in [0.2, 0.25) is 0 Å². The van der Waals surface area contributed by atoms with Crippen LogP contribution < -0.4 is 10.1 Å². The number of hydrogen-bond donors (Lipinski definition) is 1. The van der Waals surface area contributed by atoms with E-state index < -0.39 is 0 Å². The fourth-order valence-electron chi connectivity index (χ4n) is 1.23. The third-order valence-electron chi connectivity index (χ3n) is 1.87. The van der Waals surface area contributed by atoms with Crippen LogP contribution >= 0.6 is 11.6 Å². The molecular formula is C11H18ClN3O2. The van der Waals surface area contributed by atoms with E-state index in [-0.39, 0.29) is 0 Å². The third kappa shape index (κ3) is 5.70. The van der Waals surface area contributed by atoms with Gasteiger partial charge in [-0.15, -0.1) is 11.6 Å². The van der Waals surface area contributed by atoms with E-state index in [0.29, 0.717) is 44.1 Å². The summed E-state index contributed by atoms with van der Waals surface area (Å²) in [5, 5.41) is 3.07. The fourth-order valence-corrected chi connectivity index (χ4v) is 1.34. The number of aryl methyl sites for hydroxylation is 1. The molecule has 0 aliphatic rings.